The molecule has 1 aromatic rings. The lowest BCUT2D eigenvalue weighted by molar-refractivity contribution is 0.262. The Labute approximate surface area is 129 Å². The van der Waals surface area contributed by atoms with Crippen molar-refractivity contribution in [1.29, 1.82) is 0 Å². The lowest BCUT2D eigenvalue weighted by Gasteiger charge is -2.28. The lowest BCUT2D eigenvalue weighted by atomic mass is 9.81. The summed E-state index contributed by atoms with van der Waals surface area (Å²) >= 11 is 0. The van der Waals surface area contributed by atoms with Gasteiger partial charge in [0.25, 0.3) is 0 Å². The maximum absolute atomic E-state index is 5.70. The smallest absolute Gasteiger partial charge is 0.124 e. The molecule has 1 fully saturated rings. The van der Waals surface area contributed by atoms with E-state index in [1.807, 2.05) is 12.1 Å². The van der Waals surface area contributed by atoms with Gasteiger partial charge in [0, 0.05) is 12.1 Å². The van der Waals surface area contributed by atoms with Crippen molar-refractivity contribution in [2.45, 2.75) is 45.6 Å². The summed E-state index contributed by atoms with van der Waals surface area (Å²) in [7, 11) is 0. The molecule has 0 atom stereocenters. The van der Waals surface area contributed by atoms with E-state index in [2.05, 4.69) is 31.0 Å². The number of para-hydroxylation sites is 1. The van der Waals surface area contributed by atoms with Crippen LogP contribution in [0.15, 0.2) is 36.9 Å². The predicted molar refractivity (Wildman–Crippen MR) is 89.6 cm³/mol. The largest absolute Gasteiger partial charge is 0.489 e. The van der Waals surface area contributed by atoms with E-state index in [9.17, 15) is 0 Å². The molecule has 1 aromatic carbocycles. The maximum Gasteiger partial charge on any atom is 0.124 e. The average Bonchev–Trinajstić information content (AvgIpc) is 2.54. The highest BCUT2D eigenvalue weighted by Gasteiger charge is 2.19. The number of ether oxygens (including phenoxy) is 1. The van der Waals surface area contributed by atoms with Crippen LogP contribution in [0, 0.1) is 11.8 Å². The minimum absolute atomic E-state index is 0.568. The molecule has 1 saturated carbocycles. The SMILES string of the molecule is C=CCOc1ccccc1CNCC1CCC(CC)CC1. The highest BCUT2D eigenvalue weighted by atomic mass is 16.5. The summed E-state index contributed by atoms with van der Waals surface area (Å²) in [6.45, 7) is 8.61. The quantitative estimate of drug-likeness (QED) is 0.708. The summed E-state index contributed by atoms with van der Waals surface area (Å²) in [6.07, 6.45) is 8.76. The van der Waals surface area contributed by atoms with Gasteiger partial charge in [-0.1, -0.05) is 57.0 Å². The second kappa shape index (κ2) is 8.89. The molecule has 2 heteroatoms. The summed E-state index contributed by atoms with van der Waals surface area (Å²) in [5, 5.41) is 3.62. The van der Waals surface area contributed by atoms with E-state index < -0.39 is 0 Å². The number of hydrogen-bond donors (Lipinski definition) is 1. The average molecular weight is 287 g/mol. The fraction of sp³-hybridized carbons (Fsp3) is 0.579. The normalized spacial score (nSPS) is 22.0. The molecule has 0 aliphatic heterocycles. The van der Waals surface area contributed by atoms with Crippen LogP contribution in [-0.4, -0.2) is 13.2 Å². The molecule has 1 aliphatic carbocycles. The van der Waals surface area contributed by atoms with E-state index >= 15 is 0 Å². The third-order valence-electron chi connectivity index (χ3n) is 4.62. The van der Waals surface area contributed by atoms with Gasteiger partial charge in [-0.05, 0) is 37.3 Å². The summed E-state index contributed by atoms with van der Waals surface area (Å²) in [5.74, 6) is 2.81. The predicted octanol–water partition coefficient (Wildman–Crippen LogP) is 4.56. The maximum atomic E-state index is 5.70. The van der Waals surface area contributed by atoms with Crippen LogP contribution in [0.25, 0.3) is 0 Å². The van der Waals surface area contributed by atoms with Gasteiger partial charge in [0.1, 0.15) is 12.4 Å². The zero-order valence-electron chi connectivity index (χ0n) is 13.3. The summed E-state index contributed by atoms with van der Waals surface area (Å²) in [5.41, 5.74) is 1.24. The minimum Gasteiger partial charge on any atom is -0.489 e. The zero-order valence-corrected chi connectivity index (χ0v) is 13.3. The Morgan fingerprint density at radius 2 is 1.90 bits per heavy atom. The van der Waals surface area contributed by atoms with Crippen molar-refractivity contribution in [3.05, 3.63) is 42.5 Å². The Hall–Kier alpha value is -1.28. The lowest BCUT2D eigenvalue weighted by Crippen LogP contribution is -2.26. The number of hydrogen-bond acceptors (Lipinski definition) is 2. The number of rotatable bonds is 8. The minimum atomic E-state index is 0.568. The number of nitrogens with one attached hydrogen (secondary N) is 1. The van der Waals surface area contributed by atoms with E-state index in [0.717, 1.165) is 30.7 Å². The molecule has 0 saturated heterocycles. The fourth-order valence-corrected chi connectivity index (χ4v) is 3.19. The Kier molecular flexibility index (Phi) is 6.81. The molecule has 0 bridgehead atoms. The first-order chi connectivity index (χ1) is 10.3. The molecule has 1 N–H and O–H groups in total. The number of benzene rings is 1. The van der Waals surface area contributed by atoms with Gasteiger partial charge < -0.3 is 10.1 Å². The highest BCUT2D eigenvalue weighted by molar-refractivity contribution is 5.33. The first-order valence-corrected chi connectivity index (χ1v) is 8.35. The van der Waals surface area contributed by atoms with Crippen LogP contribution in [0.2, 0.25) is 0 Å². The molecule has 0 radical (unpaired) electrons. The van der Waals surface area contributed by atoms with Gasteiger partial charge in [-0.15, -0.1) is 0 Å². The van der Waals surface area contributed by atoms with Crippen molar-refractivity contribution in [2.24, 2.45) is 11.8 Å². The summed E-state index contributed by atoms with van der Waals surface area (Å²) < 4.78 is 5.70. The Bertz CT molecular complexity index is 421. The third-order valence-corrected chi connectivity index (χ3v) is 4.62. The Morgan fingerprint density at radius 1 is 1.19 bits per heavy atom. The molecule has 0 unspecified atom stereocenters. The first-order valence-electron chi connectivity index (χ1n) is 8.35. The van der Waals surface area contributed by atoms with Gasteiger partial charge in [-0.25, -0.2) is 0 Å². The molecular formula is C19H29NO. The van der Waals surface area contributed by atoms with Crippen LogP contribution in [-0.2, 0) is 6.54 Å². The van der Waals surface area contributed by atoms with Crippen LogP contribution in [0.3, 0.4) is 0 Å². The molecule has 0 aromatic heterocycles. The molecule has 116 valence electrons. The molecule has 0 spiro atoms. The van der Waals surface area contributed by atoms with E-state index in [0.29, 0.717) is 6.61 Å². The Morgan fingerprint density at radius 3 is 2.62 bits per heavy atom. The van der Waals surface area contributed by atoms with Crippen LogP contribution < -0.4 is 10.1 Å². The van der Waals surface area contributed by atoms with Gasteiger partial charge >= 0.3 is 0 Å². The van der Waals surface area contributed by atoms with E-state index in [1.54, 1.807) is 6.08 Å². The molecule has 0 heterocycles. The van der Waals surface area contributed by atoms with Crippen molar-refractivity contribution in [2.75, 3.05) is 13.2 Å². The molecule has 21 heavy (non-hydrogen) atoms. The van der Waals surface area contributed by atoms with Gasteiger partial charge in [-0.2, -0.15) is 0 Å². The third kappa shape index (κ3) is 5.20. The van der Waals surface area contributed by atoms with Gasteiger partial charge in [-0.3, -0.25) is 0 Å². The fourth-order valence-electron chi connectivity index (χ4n) is 3.19. The Balaban J connectivity index is 1.74. The van der Waals surface area contributed by atoms with E-state index in [4.69, 9.17) is 4.74 Å². The van der Waals surface area contributed by atoms with Crippen molar-refractivity contribution in [3.8, 4) is 5.75 Å². The highest BCUT2D eigenvalue weighted by Crippen LogP contribution is 2.30. The van der Waals surface area contributed by atoms with Crippen molar-refractivity contribution in [3.63, 3.8) is 0 Å². The van der Waals surface area contributed by atoms with Crippen molar-refractivity contribution < 1.29 is 4.74 Å². The molecule has 1 aliphatic rings. The summed E-state index contributed by atoms with van der Waals surface area (Å²) in [4.78, 5) is 0. The molecule has 0 amide bonds. The zero-order chi connectivity index (χ0) is 14.9. The van der Waals surface area contributed by atoms with Gasteiger partial charge in [0.2, 0.25) is 0 Å². The van der Waals surface area contributed by atoms with E-state index in [1.165, 1.54) is 37.7 Å². The van der Waals surface area contributed by atoms with Crippen molar-refractivity contribution in [1.82, 2.24) is 5.32 Å². The molecular weight excluding hydrogens is 258 g/mol. The van der Waals surface area contributed by atoms with Crippen molar-refractivity contribution >= 4 is 0 Å². The van der Waals surface area contributed by atoms with Gasteiger partial charge in [0.15, 0.2) is 0 Å². The first kappa shape index (κ1) is 16.1. The van der Waals surface area contributed by atoms with Crippen LogP contribution in [0.4, 0.5) is 0 Å². The van der Waals surface area contributed by atoms with Gasteiger partial charge in [0.05, 0.1) is 0 Å². The topological polar surface area (TPSA) is 21.3 Å². The standard InChI is InChI=1S/C19H29NO/c1-3-13-21-19-8-6-5-7-18(19)15-20-14-17-11-9-16(4-2)10-12-17/h3,5-8,16-17,20H,1,4,9-15H2,2H3. The van der Waals surface area contributed by atoms with Crippen LogP contribution in [0.1, 0.15) is 44.6 Å². The second-order valence-corrected chi connectivity index (χ2v) is 6.13. The van der Waals surface area contributed by atoms with E-state index in [-0.39, 0.29) is 0 Å². The van der Waals surface area contributed by atoms with Crippen LogP contribution in [0.5, 0.6) is 5.75 Å². The molecule has 2 rings (SSSR count). The second-order valence-electron chi connectivity index (χ2n) is 6.13. The van der Waals surface area contributed by atoms with Crippen LogP contribution >= 0.6 is 0 Å². The monoisotopic (exact) mass is 287 g/mol. The summed E-state index contributed by atoms with van der Waals surface area (Å²) in [6, 6.07) is 8.27. The molecule has 2 nitrogen and oxygen atoms in total.